The number of aryl methyl sites for hydroxylation is 1. The number of aromatic amines is 1. The molecule has 0 fully saturated rings. The Balaban J connectivity index is 2.84. The summed E-state index contributed by atoms with van der Waals surface area (Å²) in [5, 5.41) is 15.3. The van der Waals surface area contributed by atoms with Gasteiger partial charge in [-0.15, -0.1) is 0 Å². The first kappa shape index (κ1) is 15.9. The van der Waals surface area contributed by atoms with Crippen molar-refractivity contribution in [3.63, 3.8) is 0 Å². The summed E-state index contributed by atoms with van der Waals surface area (Å²) in [6, 6.07) is 5.24. The second-order valence-electron chi connectivity index (χ2n) is 4.74. The molecule has 0 spiro atoms. The molecule has 1 heterocycles. The molecule has 1 aromatic heterocycles. The molecule has 0 atom stereocenters. The van der Waals surface area contributed by atoms with Crippen LogP contribution in [-0.2, 0) is 16.3 Å². The highest BCUT2D eigenvalue weighted by molar-refractivity contribution is 7.90. The molecular formula is C14H14N2O5S. The van der Waals surface area contributed by atoms with Gasteiger partial charge in [-0.1, -0.05) is 6.92 Å². The van der Waals surface area contributed by atoms with Crippen LogP contribution in [0.25, 0.3) is 11.3 Å². The molecule has 2 N–H and O–H groups in total. The van der Waals surface area contributed by atoms with Gasteiger partial charge in [0.05, 0.1) is 16.2 Å². The van der Waals surface area contributed by atoms with Gasteiger partial charge in [0.1, 0.15) is 0 Å². The molecule has 0 amide bonds. The third kappa shape index (κ3) is 3.06. The number of H-pyrrole nitrogens is 1. The molecule has 8 heteroatoms. The maximum atomic E-state index is 12.0. The number of aromatic carboxylic acids is 1. The number of carboxylic acids is 1. The van der Waals surface area contributed by atoms with Gasteiger partial charge < -0.3 is 5.11 Å². The summed E-state index contributed by atoms with van der Waals surface area (Å²) in [7, 11) is -3.67. The van der Waals surface area contributed by atoms with Crippen molar-refractivity contribution in [2.45, 2.75) is 18.2 Å². The number of nitrogens with one attached hydrogen (secondary N) is 1. The molecule has 22 heavy (non-hydrogen) atoms. The number of rotatable bonds is 4. The van der Waals surface area contributed by atoms with Crippen molar-refractivity contribution in [2.24, 2.45) is 0 Å². The zero-order valence-corrected chi connectivity index (χ0v) is 12.8. The summed E-state index contributed by atoms with van der Waals surface area (Å²) in [5.74, 6) is -1.19. The fraction of sp³-hybridized carbons (Fsp3) is 0.214. The highest BCUT2D eigenvalue weighted by Gasteiger charge is 2.21. The van der Waals surface area contributed by atoms with Crippen molar-refractivity contribution in [1.29, 1.82) is 0 Å². The van der Waals surface area contributed by atoms with E-state index in [1.165, 1.54) is 18.2 Å². The highest BCUT2D eigenvalue weighted by atomic mass is 32.2. The van der Waals surface area contributed by atoms with Crippen LogP contribution in [0.15, 0.2) is 34.0 Å². The lowest BCUT2D eigenvalue weighted by Crippen LogP contribution is -2.10. The van der Waals surface area contributed by atoms with Gasteiger partial charge in [-0.2, -0.15) is 5.10 Å². The molecule has 116 valence electrons. The van der Waals surface area contributed by atoms with E-state index in [0.29, 0.717) is 12.0 Å². The number of sulfone groups is 1. The summed E-state index contributed by atoms with van der Waals surface area (Å²) in [6.45, 7) is 1.77. The smallest absolute Gasteiger partial charge is 0.336 e. The molecule has 0 aliphatic rings. The van der Waals surface area contributed by atoms with Gasteiger partial charge in [0.15, 0.2) is 9.84 Å². The van der Waals surface area contributed by atoms with Crippen molar-refractivity contribution < 1.29 is 18.3 Å². The predicted octanol–water partition coefficient (Wildman–Crippen LogP) is 1.10. The van der Waals surface area contributed by atoms with E-state index in [-0.39, 0.29) is 21.7 Å². The van der Waals surface area contributed by atoms with E-state index >= 15 is 0 Å². The third-order valence-electron chi connectivity index (χ3n) is 3.17. The van der Waals surface area contributed by atoms with E-state index < -0.39 is 21.4 Å². The molecule has 2 rings (SSSR count). The van der Waals surface area contributed by atoms with E-state index in [1.807, 2.05) is 0 Å². The lowest BCUT2D eigenvalue weighted by Gasteiger charge is -2.12. The molecule has 0 aliphatic heterocycles. The van der Waals surface area contributed by atoms with E-state index in [9.17, 15) is 23.1 Å². The lowest BCUT2D eigenvalue weighted by atomic mass is 10.00. The second kappa shape index (κ2) is 5.72. The van der Waals surface area contributed by atoms with Crippen LogP contribution in [0, 0.1) is 0 Å². The zero-order chi connectivity index (χ0) is 16.5. The van der Waals surface area contributed by atoms with Crippen LogP contribution in [0.4, 0.5) is 0 Å². The van der Waals surface area contributed by atoms with Crippen LogP contribution in [0.2, 0.25) is 0 Å². The molecule has 2 aromatic rings. The standard InChI is InChI=1S/C14H14N2O5S/c1-3-8-6-10(11-4-5-13(17)16-15-11)12(22(2,20)21)7-9(8)14(18)19/h4-7H,3H2,1-2H3,(H,16,17)(H,18,19). The second-order valence-corrected chi connectivity index (χ2v) is 6.73. The Morgan fingerprint density at radius 3 is 2.45 bits per heavy atom. The van der Waals surface area contributed by atoms with Gasteiger partial charge in [-0.25, -0.2) is 18.3 Å². The predicted molar refractivity (Wildman–Crippen MR) is 79.7 cm³/mol. The summed E-state index contributed by atoms with van der Waals surface area (Å²) in [5.41, 5.74) is 0.536. The first-order chi connectivity index (χ1) is 10.2. The minimum atomic E-state index is -3.67. The quantitative estimate of drug-likeness (QED) is 0.870. The van der Waals surface area contributed by atoms with Crippen LogP contribution in [0.3, 0.4) is 0 Å². The Hall–Kier alpha value is -2.48. The fourth-order valence-electron chi connectivity index (χ4n) is 2.12. The number of aromatic nitrogens is 2. The van der Waals surface area contributed by atoms with E-state index in [0.717, 1.165) is 12.3 Å². The minimum absolute atomic E-state index is 0.0592. The van der Waals surface area contributed by atoms with Crippen molar-refractivity contribution in [3.8, 4) is 11.3 Å². The average Bonchev–Trinajstić information content (AvgIpc) is 2.45. The van der Waals surface area contributed by atoms with Crippen LogP contribution >= 0.6 is 0 Å². The summed E-state index contributed by atoms with van der Waals surface area (Å²) >= 11 is 0. The molecular weight excluding hydrogens is 308 g/mol. The van der Waals surface area contributed by atoms with Crippen LogP contribution in [-0.4, -0.2) is 35.9 Å². The van der Waals surface area contributed by atoms with Gasteiger partial charge in [0.25, 0.3) is 5.56 Å². The largest absolute Gasteiger partial charge is 0.478 e. The number of hydrogen-bond donors (Lipinski definition) is 2. The highest BCUT2D eigenvalue weighted by Crippen LogP contribution is 2.29. The zero-order valence-electron chi connectivity index (χ0n) is 12.0. The van der Waals surface area contributed by atoms with E-state index in [4.69, 9.17) is 0 Å². The monoisotopic (exact) mass is 322 g/mol. The van der Waals surface area contributed by atoms with E-state index in [1.54, 1.807) is 6.92 Å². The maximum Gasteiger partial charge on any atom is 0.336 e. The van der Waals surface area contributed by atoms with Crippen LogP contribution in [0.1, 0.15) is 22.8 Å². The Labute approximate surface area is 126 Å². The fourth-order valence-corrected chi connectivity index (χ4v) is 3.01. The number of carboxylic acid groups (broad SMARTS) is 1. The molecule has 0 aliphatic carbocycles. The van der Waals surface area contributed by atoms with Crippen molar-refractivity contribution in [1.82, 2.24) is 10.2 Å². The first-order valence-electron chi connectivity index (χ1n) is 6.40. The number of hydrogen-bond acceptors (Lipinski definition) is 5. The Morgan fingerprint density at radius 1 is 1.32 bits per heavy atom. The molecule has 1 aromatic carbocycles. The van der Waals surface area contributed by atoms with Crippen molar-refractivity contribution in [2.75, 3.05) is 6.26 Å². The van der Waals surface area contributed by atoms with E-state index in [2.05, 4.69) is 10.2 Å². The summed E-state index contributed by atoms with van der Waals surface area (Å²) in [6.07, 6.45) is 1.41. The SMILES string of the molecule is CCc1cc(-c2ccc(=O)[nH]n2)c(S(C)(=O)=O)cc1C(=O)O. The summed E-state index contributed by atoms with van der Waals surface area (Å²) < 4.78 is 24.0. The van der Waals surface area contributed by atoms with Crippen molar-refractivity contribution >= 4 is 15.8 Å². The Bertz CT molecular complexity index is 879. The van der Waals surface area contributed by atoms with Crippen molar-refractivity contribution in [3.05, 3.63) is 45.7 Å². The number of nitrogens with zero attached hydrogens (tertiary/aromatic N) is 1. The number of benzene rings is 1. The molecule has 0 saturated heterocycles. The van der Waals surface area contributed by atoms with Gasteiger partial charge in [0.2, 0.25) is 0 Å². The number of carbonyl (C=O) groups is 1. The molecule has 0 saturated carbocycles. The summed E-state index contributed by atoms with van der Waals surface area (Å²) in [4.78, 5) is 22.2. The van der Waals surface area contributed by atoms with Crippen LogP contribution in [0.5, 0.6) is 0 Å². The van der Waals surface area contributed by atoms with Gasteiger partial charge in [0, 0.05) is 17.9 Å². The third-order valence-corrected chi connectivity index (χ3v) is 4.31. The average molecular weight is 322 g/mol. The maximum absolute atomic E-state index is 12.0. The van der Waals surface area contributed by atoms with Gasteiger partial charge >= 0.3 is 5.97 Å². The Morgan fingerprint density at radius 2 is 2.00 bits per heavy atom. The van der Waals surface area contributed by atoms with Gasteiger partial charge in [-0.05, 0) is 30.2 Å². The lowest BCUT2D eigenvalue weighted by molar-refractivity contribution is 0.0695. The van der Waals surface area contributed by atoms with Gasteiger partial charge in [-0.3, -0.25) is 4.79 Å². The topological polar surface area (TPSA) is 117 Å². The molecule has 0 radical (unpaired) electrons. The molecule has 7 nitrogen and oxygen atoms in total. The first-order valence-corrected chi connectivity index (χ1v) is 8.29. The van der Waals surface area contributed by atoms with Crippen LogP contribution < -0.4 is 5.56 Å². The molecule has 0 bridgehead atoms. The normalized spacial score (nSPS) is 11.4. The Kier molecular flexibility index (Phi) is 4.14. The minimum Gasteiger partial charge on any atom is -0.478 e. The molecule has 0 unspecified atom stereocenters.